The Morgan fingerprint density at radius 3 is 2.59 bits per heavy atom. The first-order valence-electron chi connectivity index (χ1n) is 12.7. The van der Waals surface area contributed by atoms with Crippen molar-refractivity contribution in [1.29, 1.82) is 0 Å². The van der Waals surface area contributed by atoms with E-state index < -0.39 is 15.4 Å². The molecule has 1 atom stereocenters. The van der Waals surface area contributed by atoms with Crippen LogP contribution in [0.3, 0.4) is 0 Å². The average Bonchev–Trinajstić information content (AvgIpc) is 3.60. The highest BCUT2D eigenvalue weighted by Gasteiger charge is 2.51. The molecule has 1 aromatic heterocycles. The minimum atomic E-state index is -3.53. The Morgan fingerprint density at radius 2 is 1.84 bits per heavy atom. The maximum atomic E-state index is 13.3. The van der Waals surface area contributed by atoms with Crippen LogP contribution in [0.2, 0.25) is 0 Å². The number of nitrogens with one attached hydrogen (secondary N) is 1. The highest BCUT2D eigenvalue weighted by Crippen LogP contribution is 2.51. The molecule has 1 saturated carbocycles. The van der Waals surface area contributed by atoms with Gasteiger partial charge in [-0.15, -0.1) is 0 Å². The van der Waals surface area contributed by atoms with Crippen molar-refractivity contribution in [3.63, 3.8) is 0 Å². The van der Waals surface area contributed by atoms with Crippen molar-refractivity contribution in [2.24, 2.45) is 0 Å². The normalized spacial score (nSPS) is 20.4. The molecule has 6 rings (SSSR count). The van der Waals surface area contributed by atoms with E-state index in [0.717, 1.165) is 43.2 Å². The van der Waals surface area contributed by atoms with E-state index in [4.69, 9.17) is 9.47 Å². The highest BCUT2D eigenvalue weighted by atomic mass is 32.2. The number of nitrogens with zero attached hydrogens (tertiary/aromatic N) is 2. The number of carbonyl (C=O) groups excluding carboxylic acids is 1. The van der Waals surface area contributed by atoms with E-state index in [2.05, 4.69) is 10.3 Å². The zero-order chi connectivity index (χ0) is 25.6. The number of carbonyl (C=O) groups is 1. The quantitative estimate of drug-likeness (QED) is 0.493. The summed E-state index contributed by atoms with van der Waals surface area (Å²) in [5.74, 6) is 1.71. The Bertz CT molecular complexity index is 1460. The van der Waals surface area contributed by atoms with Crippen LogP contribution in [0.1, 0.15) is 46.0 Å². The summed E-state index contributed by atoms with van der Waals surface area (Å²) in [4.78, 5) is 18.2. The first-order chi connectivity index (χ1) is 17.9. The van der Waals surface area contributed by atoms with Gasteiger partial charge in [-0.2, -0.15) is 4.31 Å². The lowest BCUT2D eigenvalue weighted by Crippen LogP contribution is -2.41. The summed E-state index contributed by atoms with van der Waals surface area (Å²) in [5, 5.41) is 2.98. The number of sulfonamides is 1. The lowest BCUT2D eigenvalue weighted by Gasteiger charge is -2.32. The summed E-state index contributed by atoms with van der Waals surface area (Å²) in [6.07, 6.45) is 4.34. The fourth-order valence-corrected chi connectivity index (χ4v) is 6.93. The van der Waals surface area contributed by atoms with Gasteiger partial charge in [-0.3, -0.25) is 4.79 Å². The third-order valence-corrected chi connectivity index (χ3v) is 9.63. The molecule has 0 bridgehead atoms. The first-order valence-corrected chi connectivity index (χ1v) is 14.1. The average molecular weight is 522 g/mol. The van der Waals surface area contributed by atoms with E-state index in [0.29, 0.717) is 29.6 Å². The predicted octanol–water partition coefficient (Wildman–Crippen LogP) is 4.96. The number of rotatable bonds is 6. The van der Waals surface area contributed by atoms with Gasteiger partial charge in [0.25, 0.3) is 0 Å². The number of hydrogen-bond acceptors (Lipinski definition) is 6. The van der Waals surface area contributed by atoms with Gasteiger partial charge in [-0.05, 0) is 74.6 Å². The molecule has 9 heteroatoms. The second kappa shape index (κ2) is 9.15. The second-order valence-electron chi connectivity index (χ2n) is 10.00. The van der Waals surface area contributed by atoms with Gasteiger partial charge in [0.15, 0.2) is 11.5 Å². The number of anilines is 1. The number of piperidine rings is 1. The number of aromatic nitrogens is 1. The third kappa shape index (κ3) is 4.36. The predicted molar refractivity (Wildman–Crippen MR) is 141 cm³/mol. The van der Waals surface area contributed by atoms with Crippen molar-refractivity contribution in [2.75, 3.05) is 18.7 Å². The zero-order valence-corrected chi connectivity index (χ0v) is 21.5. The van der Waals surface area contributed by atoms with Crippen molar-refractivity contribution < 1.29 is 24.1 Å². The summed E-state index contributed by atoms with van der Waals surface area (Å²) < 4.78 is 38.8. The van der Waals surface area contributed by atoms with Crippen LogP contribution in [0.5, 0.6) is 11.5 Å². The molecule has 2 aliphatic heterocycles. The van der Waals surface area contributed by atoms with Crippen LogP contribution in [-0.2, 0) is 20.2 Å². The van der Waals surface area contributed by atoms with Crippen molar-refractivity contribution in [3.8, 4) is 22.8 Å². The van der Waals surface area contributed by atoms with E-state index >= 15 is 0 Å². The van der Waals surface area contributed by atoms with Gasteiger partial charge in [0.1, 0.15) is 5.82 Å². The third-order valence-electron chi connectivity index (χ3n) is 7.60. The molecule has 1 saturated heterocycles. The van der Waals surface area contributed by atoms with Gasteiger partial charge in [0.05, 0.1) is 16.0 Å². The Kier molecular flexibility index (Phi) is 5.92. The molecule has 1 amide bonds. The van der Waals surface area contributed by atoms with Crippen LogP contribution < -0.4 is 14.8 Å². The summed E-state index contributed by atoms with van der Waals surface area (Å²) in [6, 6.07) is 17.9. The zero-order valence-electron chi connectivity index (χ0n) is 20.6. The summed E-state index contributed by atoms with van der Waals surface area (Å²) in [6.45, 7) is 2.72. The van der Waals surface area contributed by atoms with Crippen LogP contribution in [0.15, 0.2) is 65.6 Å². The van der Waals surface area contributed by atoms with Crippen LogP contribution in [0.4, 0.5) is 5.82 Å². The fraction of sp³-hybridized carbons (Fsp3) is 0.357. The molecule has 37 heavy (non-hydrogen) atoms. The van der Waals surface area contributed by atoms with E-state index in [-0.39, 0.29) is 25.1 Å². The fourth-order valence-electron chi connectivity index (χ4n) is 5.23. The Morgan fingerprint density at radius 1 is 1.05 bits per heavy atom. The molecule has 3 aliphatic rings. The summed E-state index contributed by atoms with van der Waals surface area (Å²) in [7, 11) is -3.53. The van der Waals surface area contributed by atoms with Crippen molar-refractivity contribution >= 4 is 21.7 Å². The molecule has 1 unspecified atom stereocenters. The van der Waals surface area contributed by atoms with E-state index in [1.54, 1.807) is 34.6 Å². The topological polar surface area (TPSA) is 97.8 Å². The van der Waals surface area contributed by atoms with Gasteiger partial charge in [-0.25, -0.2) is 13.4 Å². The number of pyridine rings is 1. The number of ether oxygens (including phenoxy) is 2. The number of fused-ring (bicyclic) bond motifs is 1. The van der Waals surface area contributed by atoms with E-state index in [1.165, 1.54) is 0 Å². The lowest BCUT2D eigenvalue weighted by molar-refractivity contribution is -0.118. The largest absolute Gasteiger partial charge is 0.454 e. The Hall–Kier alpha value is -3.43. The molecule has 0 spiro atoms. The van der Waals surface area contributed by atoms with Crippen LogP contribution in [-0.4, -0.2) is 43.0 Å². The van der Waals surface area contributed by atoms with Crippen molar-refractivity contribution in [1.82, 2.24) is 9.29 Å². The molecular weight excluding hydrogens is 490 g/mol. The number of benzene rings is 2. The van der Waals surface area contributed by atoms with Gasteiger partial charge < -0.3 is 14.8 Å². The van der Waals surface area contributed by atoms with Gasteiger partial charge in [0.2, 0.25) is 22.7 Å². The molecule has 2 fully saturated rings. The van der Waals surface area contributed by atoms with Gasteiger partial charge in [0, 0.05) is 19.6 Å². The van der Waals surface area contributed by atoms with E-state index in [1.807, 2.05) is 37.3 Å². The van der Waals surface area contributed by atoms with Crippen molar-refractivity contribution in [2.45, 2.75) is 55.4 Å². The molecule has 0 radical (unpaired) electrons. The van der Waals surface area contributed by atoms with Crippen LogP contribution in [0.25, 0.3) is 11.3 Å². The Labute approximate surface area is 218 Å². The molecule has 3 aromatic rings. The molecule has 1 N–H and O–H groups in total. The minimum absolute atomic E-state index is 0. The molecule has 3 heterocycles. The van der Waals surface area contributed by atoms with Crippen LogP contribution in [0, 0.1) is 0 Å². The molecular formula is C28H31N3O5S. The van der Waals surface area contributed by atoms with Gasteiger partial charge in [-0.1, -0.05) is 30.7 Å². The molecule has 8 nitrogen and oxygen atoms in total. The standard InChI is InChI=1S/C28H29N3O5S.H2/c1-19-5-2-3-16-31(19)37(33,34)22-11-8-20(9-12-22)23-6-4-7-26(29-23)30-27(32)28(14-15-28)21-10-13-24-25(17-21)36-18-35-24;/h4,6-13,17,19H,2-3,5,14-16,18H2,1H3,(H,29,30,32);1H. The molecule has 2 aromatic carbocycles. The van der Waals surface area contributed by atoms with E-state index in [9.17, 15) is 13.2 Å². The van der Waals surface area contributed by atoms with Crippen molar-refractivity contribution in [3.05, 3.63) is 66.2 Å². The smallest absolute Gasteiger partial charge is 0.243 e. The summed E-state index contributed by atoms with van der Waals surface area (Å²) >= 11 is 0. The minimum Gasteiger partial charge on any atom is -0.454 e. The molecule has 1 aliphatic carbocycles. The maximum Gasteiger partial charge on any atom is 0.243 e. The summed E-state index contributed by atoms with van der Waals surface area (Å²) in [5.41, 5.74) is 1.74. The SMILES string of the molecule is CC1CCCCN1S(=O)(=O)c1ccc(-c2cccc(NC(=O)C3(c4ccc5c(c4)OCO5)CC3)n2)cc1.[HH]. The second-order valence-corrected chi connectivity index (χ2v) is 11.9. The maximum absolute atomic E-state index is 13.3. The number of amides is 1. The first kappa shape index (κ1) is 23.9. The Balaban J connectivity index is 0.00000294. The molecule has 194 valence electrons. The number of hydrogen-bond donors (Lipinski definition) is 1. The lowest BCUT2D eigenvalue weighted by atomic mass is 9.94. The van der Waals surface area contributed by atoms with Crippen LogP contribution >= 0.6 is 0 Å². The van der Waals surface area contributed by atoms with Gasteiger partial charge >= 0.3 is 0 Å². The monoisotopic (exact) mass is 521 g/mol. The highest BCUT2D eigenvalue weighted by molar-refractivity contribution is 7.89.